The van der Waals surface area contributed by atoms with Gasteiger partial charge in [0, 0.05) is 19.1 Å². The van der Waals surface area contributed by atoms with Crippen LogP contribution in [0.5, 0.6) is 0 Å². The van der Waals surface area contributed by atoms with Crippen molar-refractivity contribution in [2.24, 2.45) is 0 Å². The maximum absolute atomic E-state index is 11.6. The van der Waals surface area contributed by atoms with Gasteiger partial charge in [0.25, 0.3) is 0 Å². The average molecular weight is 267 g/mol. The van der Waals surface area contributed by atoms with Crippen LogP contribution in [0.2, 0.25) is 0 Å². The summed E-state index contributed by atoms with van der Waals surface area (Å²) in [5.74, 6) is 2.34. The van der Waals surface area contributed by atoms with Gasteiger partial charge in [-0.3, -0.25) is 10.1 Å². The fourth-order valence-corrected chi connectivity index (χ4v) is 1.95. The van der Waals surface area contributed by atoms with Crippen molar-refractivity contribution in [2.45, 2.75) is 25.8 Å². The second kappa shape index (κ2) is 8.38. The number of likely N-dealkylation sites (tertiary alicyclic amines) is 1. The molecular weight excluding hydrogens is 246 g/mol. The lowest BCUT2D eigenvalue weighted by atomic mass is 10.1. The van der Waals surface area contributed by atoms with E-state index in [1.165, 1.54) is 0 Å². The quantitative estimate of drug-likeness (QED) is 0.541. The van der Waals surface area contributed by atoms with Gasteiger partial charge in [-0.15, -0.1) is 6.42 Å². The summed E-state index contributed by atoms with van der Waals surface area (Å²) in [6, 6.07) is 0.116. The van der Waals surface area contributed by atoms with E-state index in [9.17, 15) is 9.59 Å². The molecule has 0 radical (unpaired) electrons. The van der Waals surface area contributed by atoms with Gasteiger partial charge in [-0.25, -0.2) is 4.79 Å². The number of nitrogens with zero attached hydrogens (tertiary/aromatic N) is 1. The van der Waals surface area contributed by atoms with Gasteiger partial charge in [0.1, 0.15) is 0 Å². The van der Waals surface area contributed by atoms with E-state index < -0.39 is 0 Å². The molecule has 6 nitrogen and oxygen atoms in total. The minimum absolute atomic E-state index is 0.0650. The van der Waals surface area contributed by atoms with Gasteiger partial charge < -0.3 is 15.0 Å². The van der Waals surface area contributed by atoms with Gasteiger partial charge in [0.05, 0.1) is 19.7 Å². The molecule has 0 aromatic rings. The Bertz CT molecular complexity index is 344. The summed E-state index contributed by atoms with van der Waals surface area (Å²) >= 11 is 0. The second-order valence-electron chi connectivity index (χ2n) is 4.34. The minimum atomic E-state index is -0.275. The standard InChI is InChI=1S/C13H21N3O3/c1-3-7-14-10-12(17)15-11-5-8-16(9-6-11)13(18)19-4-2/h1,11,14H,4-10H2,2H3,(H,15,17). The van der Waals surface area contributed by atoms with Crippen LogP contribution in [0.25, 0.3) is 0 Å². The molecule has 0 bridgehead atoms. The number of piperidine rings is 1. The predicted octanol–water partition coefficient (Wildman–Crippen LogP) is -0.0537. The number of nitrogens with one attached hydrogen (secondary N) is 2. The Labute approximate surface area is 113 Å². The number of carbonyl (C=O) groups excluding carboxylic acids is 2. The van der Waals surface area contributed by atoms with E-state index in [0.717, 1.165) is 12.8 Å². The van der Waals surface area contributed by atoms with E-state index in [1.807, 2.05) is 0 Å². The number of ether oxygens (including phenoxy) is 1. The molecule has 0 aromatic heterocycles. The average Bonchev–Trinajstić information content (AvgIpc) is 2.40. The minimum Gasteiger partial charge on any atom is -0.450 e. The highest BCUT2D eigenvalue weighted by molar-refractivity contribution is 5.78. The molecule has 2 amide bonds. The van der Waals surface area contributed by atoms with E-state index in [-0.39, 0.29) is 24.6 Å². The Balaban J connectivity index is 2.21. The summed E-state index contributed by atoms with van der Waals surface area (Å²) in [4.78, 5) is 24.7. The maximum Gasteiger partial charge on any atom is 0.409 e. The van der Waals surface area contributed by atoms with Crippen LogP contribution in [0.15, 0.2) is 0 Å². The smallest absolute Gasteiger partial charge is 0.409 e. The molecular formula is C13H21N3O3. The molecule has 0 aliphatic carbocycles. The first-order chi connectivity index (χ1) is 9.17. The van der Waals surface area contributed by atoms with Gasteiger partial charge in [-0.2, -0.15) is 0 Å². The molecule has 0 atom stereocenters. The van der Waals surface area contributed by atoms with Gasteiger partial charge in [0.15, 0.2) is 0 Å². The Kier molecular flexibility index (Phi) is 6.75. The van der Waals surface area contributed by atoms with Gasteiger partial charge in [-0.05, 0) is 19.8 Å². The van der Waals surface area contributed by atoms with Crippen molar-refractivity contribution in [1.82, 2.24) is 15.5 Å². The summed E-state index contributed by atoms with van der Waals surface area (Å²) in [5.41, 5.74) is 0. The molecule has 19 heavy (non-hydrogen) atoms. The molecule has 0 spiro atoms. The number of hydrogen-bond donors (Lipinski definition) is 2. The lowest BCUT2D eigenvalue weighted by Gasteiger charge is -2.31. The van der Waals surface area contributed by atoms with E-state index in [0.29, 0.717) is 26.2 Å². The van der Waals surface area contributed by atoms with Crippen LogP contribution in [0, 0.1) is 12.3 Å². The molecule has 1 saturated heterocycles. The van der Waals surface area contributed by atoms with Crippen LogP contribution in [0.1, 0.15) is 19.8 Å². The largest absolute Gasteiger partial charge is 0.450 e. The molecule has 106 valence electrons. The molecule has 1 rings (SSSR count). The number of rotatable bonds is 5. The summed E-state index contributed by atoms with van der Waals surface area (Å²) in [7, 11) is 0. The molecule has 0 saturated carbocycles. The van der Waals surface area contributed by atoms with Gasteiger partial charge in [0.2, 0.25) is 5.91 Å². The first kappa shape index (κ1) is 15.3. The summed E-state index contributed by atoms with van der Waals surface area (Å²) < 4.78 is 4.93. The fraction of sp³-hybridized carbons (Fsp3) is 0.692. The van der Waals surface area contributed by atoms with Crippen molar-refractivity contribution >= 4 is 12.0 Å². The molecule has 0 aromatic carbocycles. The molecule has 1 fully saturated rings. The highest BCUT2D eigenvalue weighted by Crippen LogP contribution is 2.11. The van der Waals surface area contributed by atoms with Gasteiger partial charge in [-0.1, -0.05) is 5.92 Å². The number of terminal acetylenes is 1. The van der Waals surface area contributed by atoms with Crippen LogP contribution < -0.4 is 10.6 Å². The summed E-state index contributed by atoms with van der Waals surface area (Å²) in [6.45, 7) is 4.00. The van der Waals surface area contributed by atoms with E-state index in [1.54, 1.807) is 11.8 Å². The Morgan fingerprint density at radius 3 is 2.68 bits per heavy atom. The monoisotopic (exact) mass is 267 g/mol. The van der Waals surface area contributed by atoms with Crippen LogP contribution in [0.4, 0.5) is 4.79 Å². The van der Waals surface area contributed by atoms with Crippen LogP contribution in [-0.4, -0.2) is 55.7 Å². The molecule has 1 heterocycles. The van der Waals surface area contributed by atoms with Crippen LogP contribution >= 0.6 is 0 Å². The predicted molar refractivity (Wildman–Crippen MR) is 71.5 cm³/mol. The van der Waals surface area contributed by atoms with E-state index >= 15 is 0 Å². The number of amides is 2. The van der Waals surface area contributed by atoms with Crippen molar-refractivity contribution in [3.63, 3.8) is 0 Å². The summed E-state index contributed by atoms with van der Waals surface area (Å²) in [5, 5.41) is 5.76. The Morgan fingerprint density at radius 1 is 1.42 bits per heavy atom. The first-order valence-corrected chi connectivity index (χ1v) is 6.52. The molecule has 1 aliphatic rings. The van der Waals surface area contributed by atoms with Crippen molar-refractivity contribution in [3.8, 4) is 12.3 Å². The SMILES string of the molecule is C#CCNCC(=O)NC1CCN(C(=O)OCC)CC1. The molecule has 2 N–H and O–H groups in total. The fourth-order valence-electron chi connectivity index (χ4n) is 1.95. The number of hydrogen-bond acceptors (Lipinski definition) is 4. The second-order valence-corrected chi connectivity index (χ2v) is 4.34. The zero-order chi connectivity index (χ0) is 14.1. The third-order valence-electron chi connectivity index (χ3n) is 2.90. The topological polar surface area (TPSA) is 70.7 Å². The maximum atomic E-state index is 11.6. The third kappa shape index (κ3) is 5.62. The van der Waals surface area contributed by atoms with Crippen LogP contribution in [0.3, 0.4) is 0 Å². The van der Waals surface area contributed by atoms with Crippen molar-refractivity contribution in [2.75, 3.05) is 32.8 Å². The van der Waals surface area contributed by atoms with E-state index in [4.69, 9.17) is 11.2 Å². The van der Waals surface area contributed by atoms with Crippen molar-refractivity contribution < 1.29 is 14.3 Å². The highest BCUT2D eigenvalue weighted by atomic mass is 16.6. The summed E-state index contributed by atoms with van der Waals surface area (Å²) in [6.07, 6.45) is 6.30. The van der Waals surface area contributed by atoms with Crippen LogP contribution in [-0.2, 0) is 9.53 Å². The lowest BCUT2D eigenvalue weighted by Crippen LogP contribution is -2.48. The molecule has 1 aliphatic heterocycles. The van der Waals surface area contributed by atoms with Crippen molar-refractivity contribution in [3.05, 3.63) is 0 Å². The van der Waals surface area contributed by atoms with E-state index in [2.05, 4.69) is 16.6 Å². The number of carbonyl (C=O) groups is 2. The Hall–Kier alpha value is -1.74. The van der Waals surface area contributed by atoms with Gasteiger partial charge >= 0.3 is 6.09 Å². The molecule has 6 heteroatoms. The van der Waals surface area contributed by atoms with Crippen molar-refractivity contribution in [1.29, 1.82) is 0 Å². The zero-order valence-corrected chi connectivity index (χ0v) is 11.3. The molecule has 0 unspecified atom stereocenters. The third-order valence-corrected chi connectivity index (χ3v) is 2.90. The lowest BCUT2D eigenvalue weighted by molar-refractivity contribution is -0.121. The zero-order valence-electron chi connectivity index (χ0n) is 11.3. The Morgan fingerprint density at radius 2 is 2.11 bits per heavy atom. The first-order valence-electron chi connectivity index (χ1n) is 6.52. The normalized spacial score (nSPS) is 15.7. The highest BCUT2D eigenvalue weighted by Gasteiger charge is 2.24.